The van der Waals surface area contributed by atoms with E-state index in [-0.39, 0.29) is 16.5 Å². The lowest BCUT2D eigenvalue weighted by Crippen LogP contribution is -1.99. The van der Waals surface area contributed by atoms with Crippen LogP contribution in [0.1, 0.15) is 5.56 Å². The van der Waals surface area contributed by atoms with Gasteiger partial charge in [-0.3, -0.25) is 0 Å². The van der Waals surface area contributed by atoms with Crippen molar-refractivity contribution in [2.45, 2.75) is 0 Å². The van der Waals surface area contributed by atoms with E-state index in [2.05, 4.69) is 10.3 Å². The lowest BCUT2D eigenvalue weighted by Gasteiger charge is -2.08. The van der Waals surface area contributed by atoms with Crippen LogP contribution in [-0.4, -0.2) is 4.98 Å². The number of aromatic nitrogens is 1. The fourth-order valence-corrected chi connectivity index (χ4v) is 2.04. The van der Waals surface area contributed by atoms with Gasteiger partial charge in [-0.05, 0) is 24.3 Å². The Morgan fingerprint density at radius 3 is 3.00 bits per heavy atom. The number of rotatable bonds is 2. The lowest BCUT2D eigenvalue weighted by molar-refractivity contribution is 0.616. The summed E-state index contributed by atoms with van der Waals surface area (Å²) in [6, 6.07) is 9.93. The minimum Gasteiger partial charge on any atom is -0.464 e. The number of hydrogen-bond acceptors (Lipinski definition) is 4. The van der Waals surface area contributed by atoms with Gasteiger partial charge in [-0.25, -0.2) is 9.37 Å². The van der Waals surface area contributed by atoms with Gasteiger partial charge in [0, 0.05) is 5.39 Å². The molecule has 4 nitrogen and oxygen atoms in total. The van der Waals surface area contributed by atoms with Gasteiger partial charge >= 0.3 is 0 Å². The highest BCUT2D eigenvalue weighted by molar-refractivity contribution is 6.30. The third-order valence-electron chi connectivity index (χ3n) is 2.80. The molecule has 0 amide bonds. The second-order valence-corrected chi connectivity index (χ2v) is 4.39. The van der Waals surface area contributed by atoms with Gasteiger partial charge in [-0.15, -0.1) is 0 Å². The number of nitrogens with one attached hydrogen (secondary N) is 1. The van der Waals surface area contributed by atoms with Gasteiger partial charge in [0.15, 0.2) is 11.6 Å². The van der Waals surface area contributed by atoms with Crippen LogP contribution in [0.4, 0.5) is 15.9 Å². The molecule has 3 rings (SSSR count). The Balaban J connectivity index is 2.06. The molecule has 20 heavy (non-hydrogen) atoms. The van der Waals surface area contributed by atoms with Crippen LogP contribution in [-0.2, 0) is 0 Å². The first-order valence-electron chi connectivity index (χ1n) is 5.68. The molecule has 2 heterocycles. The van der Waals surface area contributed by atoms with Crippen molar-refractivity contribution in [3.63, 3.8) is 0 Å². The molecule has 2 aromatic heterocycles. The van der Waals surface area contributed by atoms with Crippen molar-refractivity contribution in [1.29, 1.82) is 5.26 Å². The number of halogens is 2. The minimum absolute atomic E-state index is 0.00348. The molecule has 0 aliphatic carbocycles. The van der Waals surface area contributed by atoms with Crippen molar-refractivity contribution in [2.24, 2.45) is 0 Å². The summed E-state index contributed by atoms with van der Waals surface area (Å²) in [5.74, 6) is -0.686. The van der Waals surface area contributed by atoms with Gasteiger partial charge in [-0.1, -0.05) is 17.7 Å². The summed E-state index contributed by atoms with van der Waals surface area (Å²) < 4.78 is 19.1. The summed E-state index contributed by atoms with van der Waals surface area (Å²) in [4.78, 5) is 3.86. The highest BCUT2D eigenvalue weighted by Gasteiger charge is 2.12. The van der Waals surface area contributed by atoms with Crippen molar-refractivity contribution in [1.82, 2.24) is 4.98 Å². The van der Waals surface area contributed by atoms with Crippen LogP contribution in [0.3, 0.4) is 0 Å². The molecule has 0 aliphatic heterocycles. The first kappa shape index (κ1) is 12.5. The molecule has 0 unspecified atom stereocenters. The number of benzene rings is 1. The monoisotopic (exact) mass is 287 g/mol. The quantitative estimate of drug-likeness (QED) is 0.716. The largest absolute Gasteiger partial charge is 0.464 e. The molecule has 0 atom stereocenters. The van der Waals surface area contributed by atoms with Crippen molar-refractivity contribution in [3.05, 3.63) is 53.1 Å². The van der Waals surface area contributed by atoms with Crippen LogP contribution < -0.4 is 5.32 Å². The molecule has 3 aromatic rings. The van der Waals surface area contributed by atoms with Crippen LogP contribution in [0, 0.1) is 17.1 Å². The topological polar surface area (TPSA) is 61.9 Å². The Morgan fingerprint density at radius 2 is 2.20 bits per heavy atom. The maximum atomic E-state index is 13.9. The molecule has 98 valence electrons. The number of nitriles is 1. The fraction of sp³-hybridized carbons (Fsp3) is 0. The van der Waals surface area contributed by atoms with Crippen molar-refractivity contribution in [2.75, 3.05) is 5.32 Å². The predicted octanol–water partition coefficient (Wildman–Crippen LogP) is 4.24. The van der Waals surface area contributed by atoms with Gasteiger partial charge in [0.2, 0.25) is 0 Å². The van der Waals surface area contributed by atoms with E-state index in [1.807, 2.05) is 0 Å². The molecular formula is C14H7ClFN3O. The molecule has 0 fully saturated rings. The first-order chi connectivity index (χ1) is 9.69. The van der Waals surface area contributed by atoms with Crippen molar-refractivity contribution >= 4 is 34.1 Å². The normalized spacial score (nSPS) is 10.4. The third kappa shape index (κ3) is 2.06. The lowest BCUT2D eigenvalue weighted by atomic mass is 10.2. The first-order valence-corrected chi connectivity index (χ1v) is 6.06. The molecule has 0 spiro atoms. The van der Waals surface area contributed by atoms with E-state index in [0.29, 0.717) is 11.3 Å². The number of nitrogens with zero attached hydrogens (tertiary/aromatic N) is 2. The zero-order valence-electron chi connectivity index (χ0n) is 10.0. The number of pyridine rings is 1. The molecule has 0 saturated heterocycles. The summed E-state index contributed by atoms with van der Waals surface area (Å²) in [7, 11) is 0. The molecule has 6 heteroatoms. The molecule has 0 radical (unpaired) electrons. The molecule has 0 bridgehead atoms. The standard InChI is InChI=1S/C14H7ClFN3O/c15-13-8(7-17)6-10(16)14(19-13)18-11-2-1-3-12-9(11)4-5-20-12/h1-6H,(H,18,19). The van der Waals surface area contributed by atoms with Crippen molar-refractivity contribution in [3.8, 4) is 6.07 Å². The minimum atomic E-state index is -0.647. The molecular weight excluding hydrogens is 281 g/mol. The number of fused-ring (bicyclic) bond motifs is 1. The summed E-state index contributed by atoms with van der Waals surface area (Å²) in [5.41, 5.74) is 1.31. The van der Waals surface area contributed by atoms with Crippen molar-refractivity contribution < 1.29 is 8.81 Å². The summed E-state index contributed by atoms with van der Waals surface area (Å²) in [6.07, 6.45) is 1.55. The van der Waals surface area contributed by atoms with E-state index in [0.717, 1.165) is 11.5 Å². The average molecular weight is 288 g/mol. The summed E-state index contributed by atoms with van der Waals surface area (Å²) in [6.45, 7) is 0. The fourth-order valence-electron chi connectivity index (χ4n) is 1.86. The number of hydrogen-bond donors (Lipinski definition) is 1. The van der Waals surface area contributed by atoms with E-state index < -0.39 is 5.82 Å². The summed E-state index contributed by atoms with van der Waals surface area (Å²) >= 11 is 5.81. The highest BCUT2D eigenvalue weighted by Crippen LogP contribution is 2.28. The second kappa shape index (κ2) is 4.83. The predicted molar refractivity (Wildman–Crippen MR) is 73.4 cm³/mol. The van der Waals surface area contributed by atoms with Gasteiger partial charge in [-0.2, -0.15) is 5.26 Å². The Hall–Kier alpha value is -2.58. The average Bonchev–Trinajstić information content (AvgIpc) is 2.92. The third-order valence-corrected chi connectivity index (χ3v) is 3.09. The Bertz CT molecular complexity index is 838. The van der Waals surface area contributed by atoms with E-state index in [4.69, 9.17) is 21.3 Å². The van der Waals surface area contributed by atoms with E-state index in [1.54, 1.807) is 36.6 Å². The SMILES string of the molecule is N#Cc1cc(F)c(Nc2cccc3occc23)nc1Cl. The Labute approximate surface area is 118 Å². The maximum absolute atomic E-state index is 13.9. The number of furan rings is 1. The second-order valence-electron chi connectivity index (χ2n) is 4.03. The van der Waals surface area contributed by atoms with Gasteiger partial charge < -0.3 is 9.73 Å². The number of anilines is 2. The zero-order chi connectivity index (χ0) is 14.1. The van der Waals surface area contributed by atoms with Crippen LogP contribution >= 0.6 is 11.6 Å². The van der Waals surface area contributed by atoms with Gasteiger partial charge in [0.25, 0.3) is 0 Å². The van der Waals surface area contributed by atoms with Crippen LogP contribution in [0.15, 0.2) is 41.0 Å². The maximum Gasteiger partial charge on any atom is 0.168 e. The van der Waals surface area contributed by atoms with Gasteiger partial charge in [0.05, 0.1) is 17.5 Å². The highest BCUT2D eigenvalue weighted by atomic mass is 35.5. The molecule has 0 aliphatic rings. The van der Waals surface area contributed by atoms with Crippen LogP contribution in [0.2, 0.25) is 5.15 Å². The zero-order valence-corrected chi connectivity index (χ0v) is 10.8. The van der Waals surface area contributed by atoms with E-state index in [1.165, 1.54) is 0 Å². The Morgan fingerprint density at radius 1 is 1.35 bits per heavy atom. The van der Waals surface area contributed by atoms with Gasteiger partial charge in [0.1, 0.15) is 16.8 Å². The van der Waals surface area contributed by atoms with E-state index >= 15 is 0 Å². The smallest absolute Gasteiger partial charge is 0.168 e. The molecule has 1 aromatic carbocycles. The molecule has 0 saturated carbocycles. The molecule has 1 N–H and O–H groups in total. The summed E-state index contributed by atoms with van der Waals surface area (Å²) in [5, 5.41) is 12.4. The van der Waals surface area contributed by atoms with E-state index in [9.17, 15) is 4.39 Å². The Kier molecular flexibility index (Phi) is 3.01. The van der Waals surface area contributed by atoms with Crippen LogP contribution in [0.5, 0.6) is 0 Å². The van der Waals surface area contributed by atoms with Crippen LogP contribution in [0.25, 0.3) is 11.0 Å².